The zero-order valence-electron chi connectivity index (χ0n) is 14.5. The van der Waals surface area contributed by atoms with E-state index in [9.17, 15) is 4.79 Å². The lowest BCUT2D eigenvalue weighted by Gasteiger charge is -2.20. The average Bonchev–Trinajstić information content (AvgIpc) is 3.30. The molecule has 0 saturated carbocycles. The molecule has 0 spiro atoms. The first-order chi connectivity index (χ1) is 12.1. The number of benzene rings is 1. The first-order valence-corrected chi connectivity index (χ1v) is 8.33. The summed E-state index contributed by atoms with van der Waals surface area (Å²) < 4.78 is 10.6. The second-order valence-electron chi connectivity index (χ2n) is 6.14. The van der Waals surface area contributed by atoms with Gasteiger partial charge in [-0.2, -0.15) is 4.98 Å². The molecule has 0 unspecified atom stereocenters. The van der Waals surface area contributed by atoms with Crippen LogP contribution < -0.4 is 5.32 Å². The minimum Gasteiger partial charge on any atom is -0.459 e. The Labute approximate surface area is 146 Å². The van der Waals surface area contributed by atoms with Gasteiger partial charge in [-0.15, -0.1) is 0 Å². The Bertz CT molecular complexity index is 839. The van der Waals surface area contributed by atoms with E-state index in [0.717, 1.165) is 17.5 Å². The molecule has 1 N–H and O–H groups in total. The van der Waals surface area contributed by atoms with Gasteiger partial charge in [-0.05, 0) is 31.0 Å². The van der Waals surface area contributed by atoms with E-state index in [1.165, 1.54) is 6.26 Å². The largest absolute Gasteiger partial charge is 0.459 e. The van der Waals surface area contributed by atoms with E-state index in [1.54, 1.807) is 12.1 Å². The number of amides is 1. The van der Waals surface area contributed by atoms with Crippen molar-refractivity contribution in [2.75, 3.05) is 0 Å². The number of rotatable bonds is 6. The smallest absolute Gasteiger partial charge is 0.287 e. The highest BCUT2D eigenvalue weighted by molar-refractivity contribution is 5.91. The predicted molar refractivity (Wildman–Crippen MR) is 92.8 cm³/mol. The maximum absolute atomic E-state index is 12.3. The minimum absolute atomic E-state index is 0.129. The Kier molecular flexibility index (Phi) is 4.97. The van der Waals surface area contributed by atoms with Crippen LogP contribution in [0.2, 0.25) is 0 Å². The van der Waals surface area contributed by atoms with E-state index in [1.807, 2.05) is 38.1 Å². The van der Waals surface area contributed by atoms with Gasteiger partial charge in [0.15, 0.2) is 5.76 Å². The van der Waals surface area contributed by atoms with Gasteiger partial charge in [0.2, 0.25) is 11.7 Å². The van der Waals surface area contributed by atoms with Gasteiger partial charge < -0.3 is 14.3 Å². The predicted octanol–water partition coefficient (Wildman–Crippen LogP) is 4.16. The Morgan fingerprint density at radius 2 is 2.12 bits per heavy atom. The van der Waals surface area contributed by atoms with Crippen molar-refractivity contribution in [3.8, 4) is 11.4 Å². The number of carbonyl (C=O) groups excluding carboxylic acids is 1. The molecule has 2 aromatic heterocycles. The van der Waals surface area contributed by atoms with Crippen LogP contribution in [0.4, 0.5) is 0 Å². The number of hydrogen-bond acceptors (Lipinski definition) is 5. The molecule has 0 aliphatic heterocycles. The summed E-state index contributed by atoms with van der Waals surface area (Å²) in [7, 11) is 0. The van der Waals surface area contributed by atoms with Crippen LogP contribution in [0.5, 0.6) is 0 Å². The van der Waals surface area contributed by atoms with Crippen LogP contribution in [0.25, 0.3) is 11.4 Å². The third kappa shape index (κ3) is 3.79. The first kappa shape index (κ1) is 17.0. The monoisotopic (exact) mass is 339 g/mol. The second kappa shape index (κ2) is 7.34. The van der Waals surface area contributed by atoms with Crippen molar-refractivity contribution < 1.29 is 13.7 Å². The maximum atomic E-state index is 12.3. The lowest BCUT2D eigenvalue weighted by Crippen LogP contribution is -2.32. The third-order valence-corrected chi connectivity index (χ3v) is 4.23. The molecule has 0 aliphatic rings. The van der Waals surface area contributed by atoms with Crippen molar-refractivity contribution in [1.29, 1.82) is 0 Å². The number of nitrogens with one attached hydrogen (secondary N) is 1. The Hall–Kier alpha value is -2.89. The highest BCUT2D eigenvalue weighted by Crippen LogP contribution is 2.26. The number of aromatic nitrogens is 2. The summed E-state index contributed by atoms with van der Waals surface area (Å²) in [6, 6.07) is 10.8. The van der Waals surface area contributed by atoms with Gasteiger partial charge in [0.05, 0.1) is 6.26 Å². The fourth-order valence-corrected chi connectivity index (χ4v) is 2.57. The molecule has 6 heteroatoms. The second-order valence-corrected chi connectivity index (χ2v) is 6.14. The van der Waals surface area contributed by atoms with Gasteiger partial charge in [0, 0.05) is 5.56 Å². The summed E-state index contributed by atoms with van der Waals surface area (Å²) in [5, 5.41) is 7.01. The summed E-state index contributed by atoms with van der Waals surface area (Å²) in [4.78, 5) is 16.8. The van der Waals surface area contributed by atoms with Crippen molar-refractivity contribution in [2.24, 2.45) is 5.92 Å². The van der Waals surface area contributed by atoms with Crippen LogP contribution in [0, 0.1) is 12.8 Å². The van der Waals surface area contributed by atoms with Crippen LogP contribution >= 0.6 is 0 Å². The van der Waals surface area contributed by atoms with E-state index in [4.69, 9.17) is 8.94 Å². The molecule has 0 saturated heterocycles. The Morgan fingerprint density at radius 3 is 2.80 bits per heavy atom. The number of carbonyl (C=O) groups is 1. The van der Waals surface area contributed by atoms with Gasteiger partial charge in [-0.3, -0.25) is 4.79 Å². The molecule has 0 fully saturated rings. The average molecular weight is 339 g/mol. The molecular formula is C19H21N3O3. The fraction of sp³-hybridized carbons (Fsp3) is 0.316. The molecular weight excluding hydrogens is 318 g/mol. The third-order valence-electron chi connectivity index (χ3n) is 4.23. The highest BCUT2D eigenvalue weighted by atomic mass is 16.5. The van der Waals surface area contributed by atoms with E-state index in [2.05, 4.69) is 22.4 Å². The molecule has 130 valence electrons. The standard InChI is InChI=1S/C19H21N3O3/c1-4-13(3)16(20-18(23)15-9-6-10-24-15)19-21-17(22-25-19)14-8-5-7-12(2)11-14/h5-11,13,16H,4H2,1-3H3,(H,20,23)/t13-,16+/m0/s1. The van der Waals surface area contributed by atoms with Gasteiger partial charge in [0.1, 0.15) is 6.04 Å². The SMILES string of the molecule is CC[C@H](C)[C@@H](NC(=O)c1ccco1)c1nc(-c2cccc(C)c2)no1. The van der Waals surface area contributed by atoms with Gasteiger partial charge in [-0.1, -0.05) is 49.2 Å². The molecule has 25 heavy (non-hydrogen) atoms. The van der Waals surface area contributed by atoms with Crippen LogP contribution in [-0.4, -0.2) is 16.0 Å². The lowest BCUT2D eigenvalue weighted by atomic mass is 9.99. The van der Waals surface area contributed by atoms with Gasteiger partial charge >= 0.3 is 0 Å². The van der Waals surface area contributed by atoms with Crippen LogP contribution in [0.1, 0.15) is 48.3 Å². The fourth-order valence-electron chi connectivity index (χ4n) is 2.57. The van der Waals surface area contributed by atoms with E-state index in [0.29, 0.717) is 11.7 Å². The minimum atomic E-state index is -0.381. The quantitative estimate of drug-likeness (QED) is 0.729. The van der Waals surface area contributed by atoms with Gasteiger partial charge in [0.25, 0.3) is 5.91 Å². The molecule has 1 aromatic carbocycles. The molecule has 2 heterocycles. The first-order valence-electron chi connectivity index (χ1n) is 8.33. The summed E-state index contributed by atoms with van der Waals surface area (Å²) in [6.45, 7) is 6.09. The highest BCUT2D eigenvalue weighted by Gasteiger charge is 2.27. The molecule has 2 atom stereocenters. The van der Waals surface area contributed by atoms with Crippen LogP contribution in [0.15, 0.2) is 51.6 Å². The Morgan fingerprint density at radius 1 is 1.28 bits per heavy atom. The molecule has 1 amide bonds. The van der Waals surface area contributed by atoms with Crippen molar-refractivity contribution in [2.45, 2.75) is 33.2 Å². The summed E-state index contributed by atoms with van der Waals surface area (Å²) >= 11 is 0. The molecule has 3 aromatic rings. The van der Waals surface area contributed by atoms with Crippen LogP contribution in [-0.2, 0) is 0 Å². The zero-order chi connectivity index (χ0) is 17.8. The normalized spacial score (nSPS) is 13.4. The van der Waals surface area contributed by atoms with Gasteiger partial charge in [-0.25, -0.2) is 0 Å². The van der Waals surface area contributed by atoms with E-state index >= 15 is 0 Å². The summed E-state index contributed by atoms with van der Waals surface area (Å²) in [6.07, 6.45) is 2.32. The maximum Gasteiger partial charge on any atom is 0.287 e. The Balaban J connectivity index is 1.85. The number of furan rings is 1. The molecule has 6 nitrogen and oxygen atoms in total. The van der Waals surface area contributed by atoms with Crippen molar-refractivity contribution in [3.63, 3.8) is 0 Å². The molecule has 0 aliphatic carbocycles. The van der Waals surface area contributed by atoms with Crippen LogP contribution in [0.3, 0.4) is 0 Å². The van der Waals surface area contributed by atoms with E-state index in [-0.39, 0.29) is 23.6 Å². The summed E-state index contributed by atoms with van der Waals surface area (Å²) in [5.74, 6) is 0.993. The zero-order valence-corrected chi connectivity index (χ0v) is 14.5. The molecule has 3 rings (SSSR count). The van der Waals surface area contributed by atoms with Crippen molar-refractivity contribution in [3.05, 3.63) is 59.9 Å². The number of hydrogen-bond donors (Lipinski definition) is 1. The topological polar surface area (TPSA) is 81.2 Å². The molecule has 0 radical (unpaired) electrons. The number of aryl methyl sites for hydroxylation is 1. The van der Waals surface area contributed by atoms with Crippen molar-refractivity contribution in [1.82, 2.24) is 15.5 Å². The summed E-state index contributed by atoms with van der Waals surface area (Å²) in [5.41, 5.74) is 2.00. The number of nitrogens with zero attached hydrogens (tertiary/aromatic N) is 2. The lowest BCUT2D eigenvalue weighted by molar-refractivity contribution is 0.0882. The van der Waals surface area contributed by atoms with E-state index < -0.39 is 0 Å². The van der Waals surface area contributed by atoms with Crippen molar-refractivity contribution >= 4 is 5.91 Å². The molecule has 0 bridgehead atoms.